The summed E-state index contributed by atoms with van der Waals surface area (Å²) in [6, 6.07) is 12.2. The number of anilines is 2. The topological polar surface area (TPSA) is 68.2 Å². The van der Waals surface area contributed by atoms with Gasteiger partial charge in [0.1, 0.15) is 6.61 Å². The number of aromatic nitrogens is 1. The van der Waals surface area contributed by atoms with E-state index in [1.807, 2.05) is 24.3 Å². The van der Waals surface area contributed by atoms with Gasteiger partial charge in [-0.2, -0.15) is 10.1 Å². The second-order valence-corrected chi connectivity index (χ2v) is 7.27. The van der Waals surface area contributed by atoms with E-state index in [0.29, 0.717) is 38.1 Å². The number of nitrogens with one attached hydrogen (secondary N) is 1. The molecule has 0 saturated heterocycles. The van der Waals surface area contributed by atoms with Crippen LogP contribution >= 0.6 is 0 Å². The number of hydrogen-bond acceptors (Lipinski definition) is 7. The van der Waals surface area contributed by atoms with E-state index in [0.717, 1.165) is 37.2 Å². The summed E-state index contributed by atoms with van der Waals surface area (Å²) in [6.07, 6.45) is 3.93. The molecular weight excluding hydrogens is 392 g/mol. The van der Waals surface area contributed by atoms with Crippen LogP contribution in [-0.4, -0.2) is 57.8 Å². The van der Waals surface area contributed by atoms with Crippen molar-refractivity contribution < 1.29 is 14.2 Å². The number of methoxy groups -OCH3 is 1. The first-order chi connectivity index (χ1) is 15.2. The molecule has 1 heterocycles. The van der Waals surface area contributed by atoms with E-state index < -0.39 is 0 Å². The van der Waals surface area contributed by atoms with Gasteiger partial charge in [0.15, 0.2) is 5.82 Å². The molecule has 0 aliphatic heterocycles. The number of aryl methyl sites for hydroxylation is 1. The molecule has 170 valence electrons. The highest BCUT2D eigenvalue weighted by Crippen LogP contribution is 2.24. The minimum Gasteiger partial charge on any atom is -0.475 e. The lowest BCUT2D eigenvalue weighted by atomic mass is 10.2. The molecule has 31 heavy (non-hydrogen) atoms. The standard InChI is InChI=1S/C24H36N4O3/c1-5-10-28(11-6-2)22-17-23(27-25-19-21-9-7-8-20(3)16-21)26-24(18-22)31-15-14-30-13-12-29-4/h7-9,16-19H,5-6,10-15H2,1-4H3,(H,26,27)/b25-19+. The third-order valence-corrected chi connectivity index (χ3v) is 4.48. The highest BCUT2D eigenvalue weighted by molar-refractivity contribution is 5.80. The minimum atomic E-state index is 0.424. The molecule has 0 aliphatic rings. The summed E-state index contributed by atoms with van der Waals surface area (Å²) < 4.78 is 16.3. The fourth-order valence-electron chi connectivity index (χ4n) is 3.09. The van der Waals surface area contributed by atoms with Crippen molar-refractivity contribution in [2.45, 2.75) is 33.6 Å². The van der Waals surface area contributed by atoms with Gasteiger partial charge in [-0.3, -0.25) is 5.43 Å². The molecule has 0 bridgehead atoms. The molecule has 1 aromatic carbocycles. The van der Waals surface area contributed by atoms with E-state index in [1.54, 1.807) is 13.3 Å². The number of benzene rings is 1. The third-order valence-electron chi connectivity index (χ3n) is 4.48. The summed E-state index contributed by atoms with van der Waals surface area (Å²) in [4.78, 5) is 6.91. The molecule has 0 saturated carbocycles. The van der Waals surface area contributed by atoms with Crippen LogP contribution in [0.4, 0.5) is 11.5 Å². The van der Waals surface area contributed by atoms with E-state index in [4.69, 9.17) is 14.2 Å². The van der Waals surface area contributed by atoms with Gasteiger partial charge in [-0.25, -0.2) is 0 Å². The Kier molecular flexibility index (Phi) is 11.4. The average molecular weight is 429 g/mol. The largest absolute Gasteiger partial charge is 0.475 e. The number of nitrogens with zero attached hydrogens (tertiary/aromatic N) is 3. The van der Waals surface area contributed by atoms with Crippen molar-refractivity contribution in [3.63, 3.8) is 0 Å². The normalized spacial score (nSPS) is 11.1. The van der Waals surface area contributed by atoms with Gasteiger partial charge in [0.05, 0.1) is 26.0 Å². The Morgan fingerprint density at radius 2 is 1.81 bits per heavy atom. The molecule has 0 radical (unpaired) electrons. The van der Waals surface area contributed by atoms with Crippen LogP contribution in [0.5, 0.6) is 5.88 Å². The van der Waals surface area contributed by atoms with Gasteiger partial charge < -0.3 is 19.1 Å². The second kappa shape index (κ2) is 14.4. The monoisotopic (exact) mass is 428 g/mol. The van der Waals surface area contributed by atoms with Crippen molar-refractivity contribution >= 4 is 17.7 Å². The first-order valence-electron chi connectivity index (χ1n) is 11.0. The summed E-state index contributed by atoms with van der Waals surface area (Å²) in [5, 5.41) is 4.37. The SMILES string of the molecule is CCCN(CCC)c1cc(N/N=C/c2cccc(C)c2)nc(OCCOCCOC)c1. The van der Waals surface area contributed by atoms with Gasteiger partial charge in [0.25, 0.3) is 0 Å². The summed E-state index contributed by atoms with van der Waals surface area (Å²) in [6.45, 7) is 10.4. The van der Waals surface area contributed by atoms with Crippen molar-refractivity contribution in [2.24, 2.45) is 5.10 Å². The van der Waals surface area contributed by atoms with Crippen LogP contribution < -0.4 is 15.1 Å². The van der Waals surface area contributed by atoms with Gasteiger partial charge in [-0.1, -0.05) is 43.7 Å². The van der Waals surface area contributed by atoms with Crippen LogP contribution in [0.1, 0.15) is 37.8 Å². The van der Waals surface area contributed by atoms with E-state index >= 15 is 0 Å². The number of ether oxygens (including phenoxy) is 3. The quantitative estimate of drug-likeness (QED) is 0.256. The number of hydrogen-bond donors (Lipinski definition) is 1. The lowest BCUT2D eigenvalue weighted by Gasteiger charge is -2.24. The maximum absolute atomic E-state index is 5.86. The molecule has 7 heteroatoms. The zero-order valence-electron chi connectivity index (χ0n) is 19.3. The summed E-state index contributed by atoms with van der Waals surface area (Å²) >= 11 is 0. The maximum atomic E-state index is 5.86. The van der Waals surface area contributed by atoms with Crippen LogP contribution in [0.2, 0.25) is 0 Å². The Labute approximate surface area is 186 Å². The van der Waals surface area contributed by atoms with Crippen LogP contribution in [0.15, 0.2) is 41.5 Å². The van der Waals surface area contributed by atoms with Gasteiger partial charge >= 0.3 is 0 Å². The van der Waals surface area contributed by atoms with Crippen LogP contribution in [0, 0.1) is 6.92 Å². The molecule has 7 nitrogen and oxygen atoms in total. The zero-order chi connectivity index (χ0) is 22.3. The number of hydrazone groups is 1. The molecule has 0 aliphatic carbocycles. The van der Waals surface area contributed by atoms with Crippen molar-refractivity contribution in [2.75, 3.05) is 57.0 Å². The first kappa shape index (κ1) is 24.6. The Morgan fingerprint density at radius 3 is 2.52 bits per heavy atom. The maximum Gasteiger partial charge on any atom is 0.217 e. The highest BCUT2D eigenvalue weighted by Gasteiger charge is 2.10. The van der Waals surface area contributed by atoms with Gasteiger partial charge in [0, 0.05) is 38.0 Å². The Hall–Kier alpha value is -2.64. The Balaban J connectivity index is 2.11. The fourth-order valence-corrected chi connectivity index (χ4v) is 3.09. The van der Waals surface area contributed by atoms with Crippen molar-refractivity contribution in [1.29, 1.82) is 0 Å². The molecule has 1 aromatic heterocycles. The van der Waals surface area contributed by atoms with E-state index in [9.17, 15) is 0 Å². The minimum absolute atomic E-state index is 0.424. The van der Waals surface area contributed by atoms with Gasteiger partial charge in [-0.15, -0.1) is 0 Å². The van der Waals surface area contributed by atoms with E-state index in [1.165, 1.54) is 5.56 Å². The predicted molar refractivity (Wildman–Crippen MR) is 128 cm³/mol. The predicted octanol–water partition coefficient (Wildman–Crippen LogP) is 4.50. The first-order valence-corrected chi connectivity index (χ1v) is 11.0. The third kappa shape index (κ3) is 9.36. The zero-order valence-corrected chi connectivity index (χ0v) is 19.3. The smallest absolute Gasteiger partial charge is 0.217 e. The molecular formula is C24H36N4O3. The molecule has 1 N–H and O–H groups in total. The van der Waals surface area contributed by atoms with Gasteiger partial charge in [0.2, 0.25) is 5.88 Å². The van der Waals surface area contributed by atoms with Crippen LogP contribution in [0.25, 0.3) is 0 Å². The molecule has 0 amide bonds. The van der Waals surface area contributed by atoms with E-state index in [2.05, 4.69) is 53.3 Å². The van der Waals surface area contributed by atoms with Crippen molar-refractivity contribution in [3.05, 3.63) is 47.5 Å². The Morgan fingerprint density at radius 1 is 1.03 bits per heavy atom. The lowest BCUT2D eigenvalue weighted by Crippen LogP contribution is -2.25. The summed E-state index contributed by atoms with van der Waals surface area (Å²) in [7, 11) is 1.66. The van der Waals surface area contributed by atoms with Crippen molar-refractivity contribution in [3.8, 4) is 5.88 Å². The Bertz CT molecular complexity index is 792. The molecule has 0 spiro atoms. The van der Waals surface area contributed by atoms with Crippen LogP contribution in [0.3, 0.4) is 0 Å². The average Bonchev–Trinajstić information content (AvgIpc) is 2.76. The summed E-state index contributed by atoms with van der Waals surface area (Å²) in [5.74, 6) is 1.20. The molecule has 0 unspecified atom stereocenters. The highest BCUT2D eigenvalue weighted by atomic mass is 16.5. The lowest BCUT2D eigenvalue weighted by molar-refractivity contribution is 0.0537. The molecule has 2 rings (SSSR count). The van der Waals surface area contributed by atoms with Crippen LogP contribution in [-0.2, 0) is 9.47 Å². The number of pyridine rings is 1. The number of rotatable bonds is 15. The van der Waals surface area contributed by atoms with Crippen molar-refractivity contribution in [1.82, 2.24) is 4.98 Å². The fraction of sp³-hybridized carbons (Fsp3) is 0.500. The molecule has 0 fully saturated rings. The summed E-state index contributed by atoms with van der Waals surface area (Å²) in [5.41, 5.74) is 6.36. The second-order valence-electron chi connectivity index (χ2n) is 7.27. The van der Waals surface area contributed by atoms with Gasteiger partial charge in [-0.05, 0) is 25.3 Å². The molecule has 2 aromatic rings. The van der Waals surface area contributed by atoms with E-state index in [-0.39, 0.29) is 0 Å². The molecule has 0 atom stereocenters.